The third-order valence-corrected chi connectivity index (χ3v) is 11.7. The molecule has 4 aromatic carbocycles. The highest BCUT2D eigenvalue weighted by atomic mass is 33.1. The van der Waals surface area contributed by atoms with E-state index in [2.05, 4.69) is 9.44 Å². The van der Waals surface area contributed by atoms with E-state index in [9.17, 15) is 16.8 Å². The lowest BCUT2D eigenvalue weighted by atomic mass is 10.1. The average molecular weight is 619 g/mol. The molecule has 12 heteroatoms. The van der Waals surface area contributed by atoms with E-state index in [1.807, 2.05) is 86.5 Å². The number of hydrogen-bond acceptors (Lipinski definition) is 8. The highest BCUT2D eigenvalue weighted by Gasteiger charge is 2.19. The van der Waals surface area contributed by atoms with Gasteiger partial charge in [0, 0.05) is 85.7 Å². The SMILES string of the molecule is CN(C)c1cccc2c(S(=O)(=O)NCCSSCCNS(=O)(=O)c3cccc4c(N(C)C)cccc34)cccc12. The molecule has 40 heavy (non-hydrogen) atoms. The van der Waals surface area contributed by atoms with Crippen molar-refractivity contribution in [2.24, 2.45) is 0 Å². The maximum Gasteiger partial charge on any atom is 0.241 e. The quantitative estimate of drug-likeness (QED) is 0.164. The van der Waals surface area contributed by atoms with Crippen molar-refractivity contribution >= 4 is 74.6 Å². The second-order valence-corrected chi connectivity index (χ2v) is 15.7. The van der Waals surface area contributed by atoms with Crippen LogP contribution in [0.25, 0.3) is 21.5 Å². The number of nitrogens with one attached hydrogen (secondary N) is 2. The predicted octanol–water partition coefficient (Wildman–Crippen LogP) is 4.76. The molecule has 0 aliphatic rings. The summed E-state index contributed by atoms with van der Waals surface area (Å²) in [5, 5.41) is 3.12. The molecule has 8 nitrogen and oxygen atoms in total. The van der Waals surface area contributed by atoms with Gasteiger partial charge in [-0.05, 0) is 24.3 Å². The van der Waals surface area contributed by atoms with Crippen LogP contribution in [0.1, 0.15) is 0 Å². The Balaban J connectivity index is 1.27. The van der Waals surface area contributed by atoms with Crippen molar-refractivity contribution in [2.45, 2.75) is 9.79 Å². The smallest absolute Gasteiger partial charge is 0.241 e. The number of benzene rings is 4. The highest BCUT2D eigenvalue weighted by Crippen LogP contribution is 2.31. The van der Waals surface area contributed by atoms with Crippen molar-refractivity contribution < 1.29 is 16.8 Å². The Morgan fingerprint density at radius 3 is 1.27 bits per heavy atom. The van der Waals surface area contributed by atoms with Crippen molar-refractivity contribution in [3.05, 3.63) is 72.8 Å². The van der Waals surface area contributed by atoms with E-state index in [4.69, 9.17) is 0 Å². The summed E-state index contributed by atoms with van der Waals surface area (Å²) in [7, 11) is 3.33. The molecular formula is C28H34N4O4S4. The van der Waals surface area contributed by atoms with E-state index in [-0.39, 0.29) is 22.9 Å². The van der Waals surface area contributed by atoms with E-state index in [1.165, 1.54) is 21.6 Å². The van der Waals surface area contributed by atoms with Gasteiger partial charge in [0.15, 0.2) is 0 Å². The summed E-state index contributed by atoms with van der Waals surface area (Å²) in [6.45, 7) is 0.527. The fourth-order valence-electron chi connectivity index (χ4n) is 4.49. The molecule has 0 fully saturated rings. The Hall–Kier alpha value is -2.48. The monoisotopic (exact) mass is 618 g/mol. The van der Waals surface area contributed by atoms with Crippen LogP contribution in [0, 0.1) is 0 Å². The van der Waals surface area contributed by atoms with Crippen LogP contribution in [-0.2, 0) is 20.0 Å². The van der Waals surface area contributed by atoms with Crippen molar-refractivity contribution in [1.82, 2.24) is 9.44 Å². The zero-order chi connectivity index (χ0) is 28.9. The lowest BCUT2D eigenvalue weighted by Gasteiger charge is -2.17. The molecule has 4 rings (SSSR count). The van der Waals surface area contributed by atoms with Gasteiger partial charge in [0.1, 0.15) is 0 Å². The summed E-state index contributed by atoms with van der Waals surface area (Å²) in [5.74, 6) is 1.09. The van der Waals surface area contributed by atoms with Crippen molar-refractivity contribution in [3.8, 4) is 0 Å². The number of anilines is 2. The van der Waals surface area contributed by atoms with E-state index in [0.29, 0.717) is 22.3 Å². The van der Waals surface area contributed by atoms with Crippen LogP contribution >= 0.6 is 21.6 Å². The number of fused-ring (bicyclic) bond motifs is 2. The van der Waals surface area contributed by atoms with Gasteiger partial charge >= 0.3 is 0 Å². The molecule has 0 aliphatic heterocycles. The van der Waals surface area contributed by atoms with Gasteiger partial charge in [-0.15, -0.1) is 0 Å². The molecule has 0 spiro atoms. The first-order chi connectivity index (χ1) is 19.0. The van der Waals surface area contributed by atoms with Crippen LogP contribution < -0.4 is 19.2 Å². The number of rotatable bonds is 13. The van der Waals surface area contributed by atoms with Gasteiger partial charge in [-0.25, -0.2) is 26.3 Å². The van der Waals surface area contributed by atoms with Gasteiger partial charge in [0.25, 0.3) is 0 Å². The van der Waals surface area contributed by atoms with Crippen LogP contribution in [0.4, 0.5) is 11.4 Å². The summed E-state index contributed by atoms with van der Waals surface area (Å²) in [4.78, 5) is 4.44. The molecule has 2 N–H and O–H groups in total. The fraction of sp³-hybridized carbons (Fsp3) is 0.286. The van der Waals surface area contributed by atoms with Gasteiger partial charge in [0.05, 0.1) is 9.79 Å². The molecule has 214 valence electrons. The van der Waals surface area contributed by atoms with Crippen molar-refractivity contribution in [3.63, 3.8) is 0 Å². The van der Waals surface area contributed by atoms with Crippen LogP contribution in [0.2, 0.25) is 0 Å². The Kier molecular flexibility index (Phi) is 9.91. The van der Waals surface area contributed by atoms with Gasteiger partial charge in [-0.1, -0.05) is 70.1 Å². The maximum atomic E-state index is 13.0. The van der Waals surface area contributed by atoms with Gasteiger partial charge in [-0.2, -0.15) is 0 Å². The summed E-state index contributed by atoms with van der Waals surface area (Å²) in [5.41, 5.74) is 1.91. The molecule has 0 atom stereocenters. The van der Waals surface area contributed by atoms with E-state index >= 15 is 0 Å². The molecule has 4 aromatic rings. The standard InChI is InChI=1S/C28H34N4O4S4/c1-31(2)25-13-5-11-23-21(25)9-7-15-27(23)39(33,34)29-17-19-37-38-20-18-30-40(35,36)28-16-8-10-22-24(28)12-6-14-26(22)32(3)4/h5-16,29-30H,17-20H2,1-4H3. The first kappa shape index (κ1) is 30.5. The second-order valence-electron chi connectivity index (χ2n) is 9.49. The summed E-state index contributed by atoms with van der Waals surface area (Å²) in [6.07, 6.45) is 0. The molecule has 0 radical (unpaired) electrons. The van der Waals surface area contributed by atoms with Gasteiger partial charge < -0.3 is 9.80 Å². The molecule has 0 amide bonds. The van der Waals surface area contributed by atoms with Gasteiger partial charge in [0.2, 0.25) is 20.0 Å². The topological polar surface area (TPSA) is 98.8 Å². The minimum Gasteiger partial charge on any atom is -0.377 e. The van der Waals surface area contributed by atoms with E-state index < -0.39 is 20.0 Å². The van der Waals surface area contributed by atoms with Crippen LogP contribution in [0.15, 0.2) is 82.6 Å². The van der Waals surface area contributed by atoms with Gasteiger partial charge in [-0.3, -0.25) is 0 Å². The number of nitrogens with zero attached hydrogens (tertiary/aromatic N) is 2. The first-order valence-electron chi connectivity index (χ1n) is 12.6. The zero-order valence-corrected chi connectivity index (χ0v) is 26.2. The Bertz CT molecular complexity index is 1580. The molecule has 0 unspecified atom stereocenters. The summed E-state index contributed by atoms with van der Waals surface area (Å²) < 4.78 is 57.5. The first-order valence-corrected chi connectivity index (χ1v) is 18.1. The molecule has 0 saturated carbocycles. The van der Waals surface area contributed by atoms with Crippen molar-refractivity contribution in [2.75, 3.05) is 62.6 Å². The zero-order valence-electron chi connectivity index (χ0n) is 22.9. The van der Waals surface area contributed by atoms with E-state index in [0.717, 1.165) is 22.1 Å². The normalized spacial score (nSPS) is 12.2. The van der Waals surface area contributed by atoms with E-state index in [1.54, 1.807) is 24.3 Å². The summed E-state index contributed by atoms with van der Waals surface area (Å²) >= 11 is 0. The minimum absolute atomic E-state index is 0.256. The molecular weight excluding hydrogens is 585 g/mol. The van der Waals surface area contributed by atoms with Crippen LogP contribution in [-0.4, -0.2) is 69.6 Å². The Morgan fingerprint density at radius 2 is 0.900 bits per heavy atom. The number of hydrogen-bond donors (Lipinski definition) is 2. The summed E-state index contributed by atoms with van der Waals surface area (Å²) in [6, 6.07) is 21.9. The minimum atomic E-state index is -3.69. The third kappa shape index (κ3) is 6.87. The maximum absolute atomic E-state index is 13.0. The largest absolute Gasteiger partial charge is 0.377 e. The van der Waals surface area contributed by atoms with Crippen LogP contribution in [0.3, 0.4) is 0 Å². The lowest BCUT2D eigenvalue weighted by Crippen LogP contribution is -2.27. The van der Waals surface area contributed by atoms with Crippen molar-refractivity contribution in [1.29, 1.82) is 0 Å². The number of sulfonamides is 2. The molecule has 0 bridgehead atoms. The molecule has 0 aliphatic carbocycles. The molecule has 0 saturated heterocycles. The fourth-order valence-corrected chi connectivity index (χ4v) is 9.06. The Morgan fingerprint density at radius 1 is 0.550 bits per heavy atom. The highest BCUT2D eigenvalue weighted by molar-refractivity contribution is 8.76. The lowest BCUT2D eigenvalue weighted by molar-refractivity contribution is 0.583. The second kappa shape index (κ2) is 13.0. The third-order valence-electron chi connectivity index (χ3n) is 6.30. The molecule has 0 aromatic heterocycles. The Labute approximate surface area is 245 Å². The van der Waals surface area contributed by atoms with Crippen LogP contribution in [0.5, 0.6) is 0 Å². The average Bonchev–Trinajstić information content (AvgIpc) is 2.92. The molecule has 0 heterocycles. The predicted molar refractivity (Wildman–Crippen MR) is 172 cm³/mol.